The van der Waals surface area contributed by atoms with Crippen molar-refractivity contribution in [2.24, 2.45) is 0 Å². The molecule has 8 nitrogen and oxygen atoms in total. The van der Waals surface area contributed by atoms with Crippen LogP contribution in [0.25, 0.3) is 0 Å². The van der Waals surface area contributed by atoms with Gasteiger partial charge in [-0.15, -0.1) is 0 Å². The molecule has 1 aromatic heterocycles. The second kappa shape index (κ2) is 5.62. The average Bonchev–Trinajstić information content (AvgIpc) is 3.03. The molecule has 3 aliphatic heterocycles. The summed E-state index contributed by atoms with van der Waals surface area (Å²) in [6, 6.07) is 1.52. The first-order valence-corrected chi connectivity index (χ1v) is 7.55. The molecule has 0 aromatic carbocycles. The zero-order valence-electron chi connectivity index (χ0n) is 12.0. The molecule has 0 bridgehead atoms. The van der Waals surface area contributed by atoms with Gasteiger partial charge in [-0.25, -0.2) is 0 Å². The Balaban J connectivity index is 1.41. The molecule has 0 saturated carbocycles. The molecule has 1 N–H and O–H groups in total. The molecule has 4 rings (SSSR count). The Kier molecular flexibility index (Phi) is 3.61. The maximum absolute atomic E-state index is 11.2. The third kappa shape index (κ3) is 2.41. The fourth-order valence-corrected chi connectivity index (χ4v) is 3.05. The molecule has 0 spiro atoms. The first-order valence-electron chi connectivity index (χ1n) is 7.55. The summed E-state index contributed by atoms with van der Waals surface area (Å²) in [4.78, 5) is 15.0. The summed E-state index contributed by atoms with van der Waals surface area (Å²) in [5.41, 5.74) is -0.380. The lowest BCUT2D eigenvalue weighted by atomic mass is 10.1. The molecule has 4 heterocycles. The summed E-state index contributed by atoms with van der Waals surface area (Å²) in [6.45, 7) is 0.949. The van der Waals surface area contributed by atoms with Gasteiger partial charge in [-0.3, -0.25) is 9.36 Å². The van der Waals surface area contributed by atoms with Gasteiger partial charge in [0.25, 0.3) is 5.56 Å². The SMILES string of the molecule is O=c1ccn2c(n1)O[C@H]1[C@H](O)[C@@H](COC3CCCCO3)O[C@H]12. The van der Waals surface area contributed by atoms with E-state index >= 15 is 0 Å². The van der Waals surface area contributed by atoms with Crippen molar-refractivity contribution >= 4 is 0 Å². The minimum Gasteiger partial charge on any atom is -0.453 e. The van der Waals surface area contributed by atoms with Crippen LogP contribution >= 0.6 is 0 Å². The van der Waals surface area contributed by atoms with E-state index in [9.17, 15) is 9.90 Å². The predicted molar refractivity (Wildman–Crippen MR) is 72.4 cm³/mol. The van der Waals surface area contributed by atoms with E-state index in [-0.39, 0.29) is 24.5 Å². The van der Waals surface area contributed by atoms with E-state index in [2.05, 4.69) is 4.98 Å². The maximum Gasteiger partial charge on any atom is 0.302 e. The number of hydrogen-bond donors (Lipinski definition) is 1. The number of aromatic nitrogens is 2. The number of aliphatic hydroxyl groups is 1. The first-order chi connectivity index (χ1) is 10.7. The zero-order chi connectivity index (χ0) is 15.1. The van der Waals surface area contributed by atoms with Gasteiger partial charge in [0.05, 0.1) is 6.61 Å². The summed E-state index contributed by atoms with van der Waals surface area (Å²) in [6.07, 6.45) is 1.94. The van der Waals surface area contributed by atoms with Gasteiger partial charge < -0.3 is 24.1 Å². The van der Waals surface area contributed by atoms with Crippen LogP contribution in [0.3, 0.4) is 0 Å². The largest absolute Gasteiger partial charge is 0.453 e. The fraction of sp³-hybridized carbons (Fsp3) is 0.714. The van der Waals surface area contributed by atoms with E-state index in [4.69, 9.17) is 18.9 Å². The second-order valence-electron chi connectivity index (χ2n) is 5.72. The van der Waals surface area contributed by atoms with E-state index in [0.717, 1.165) is 19.3 Å². The second-order valence-corrected chi connectivity index (χ2v) is 5.72. The molecule has 0 aliphatic carbocycles. The summed E-state index contributed by atoms with van der Waals surface area (Å²) in [5, 5.41) is 10.3. The van der Waals surface area contributed by atoms with Crippen molar-refractivity contribution in [2.75, 3.05) is 13.2 Å². The Bertz CT molecular complexity index is 599. The Morgan fingerprint density at radius 3 is 3.18 bits per heavy atom. The minimum absolute atomic E-state index is 0.177. The third-order valence-electron chi connectivity index (χ3n) is 4.22. The maximum atomic E-state index is 11.2. The molecule has 0 radical (unpaired) electrons. The average molecular weight is 310 g/mol. The molecule has 22 heavy (non-hydrogen) atoms. The topological polar surface area (TPSA) is 92.0 Å². The Labute approximate surface area is 126 Å². The Morgan fingerprint density at radius 1 is 1.45 bits per heavy atom. The van der Waals surface area contributed by atoms with Crippen molar-refractivity contribution in [3.63, 3.8) is 0 Å². The number of fused-ring (bicyclic) bond motifs is 3. The molecule has 5 atom stereocenters. The van der Waals surface area contributed by atoms with Crippen LogP contribution in [0, 0.1) is 0 Å². The van der Waals surface area contributed by atoms with Crippen LogP contribution in [0.15, 0.2) is 17.1 Å². The molecule has 120 valence electrons. The Morgan fingerprint density at radius 2 is 2.36 bits per heavy atom. The molecule has 1 unspecified atom stereocenters. The van der Waals surface area contributed by atoms with Gasteiger partial charge >= 0.3 is 6.01 Å². The van der Waals surface area contributed by atoms with Gasteiger partial charge in [0.2, 0.25) is 0 Å². The predicted octanol–water partition coefficient (Wildman–Crippen LogP) is -0.194. The molecule has 3 aliphatic rings. The number of rotatable bonds is 3. The number of nitrogens with zero attached hydrogens (tertiary/aromatic N) is 2. The molecule has 2 saturated heterocycles. The molecular formula is C14H18N2O6. The van der Waals surface area contributed by atoms with E-state index < -0.39 is 24.5 Å². The van der Waals surface area contributed by atoms with E-state index in [1.165, 1.54) is 6.07 Å². The van der Waals surface area contributed by atoms with E-state index in [0.29, 0.717) is 6.61 Å². The highest BCUT2D eigenvalue weighted by Gasteiger charge is 2.51. The van der Waals surface area contributed by atoms with Crippen molar-refractivity contribution in [1.29, 1.82) is 0 Å². The molecular weight excluding hydrogens is 292 g/mol. The first kappa shape index (κ1) is 14.1. The molecule has 2 fully saturated rings. The smallest absolute Gasteiger partial charge is 0.302 e. The van der Waals surface area contributed by atoms with Gasteiger partial charge in [0.1, 0.15) is 12.2 Å². The number of hydrogen-bond acceptors (Lipinski definition) is 7. The van der Waals surface area contributed by atoms with Crippen molar-refractivity contribution in [1.82, 2.24) is 9.55 Å². The summed E-state index contributed by atoms with van der Waals surface area (Å²) >= 11 is 0. The van der Waals surface area contributed by atoms with Crippen molar-refractivity contribution in [2.45, 2.75) is 50.1 Å². The van der Waals surface area contributed by atoms with Gasteiger partial charge in [-0.05, 0) is 19.3 Å². The van der Waals surface area contributed by atoms with E-state index in [1.807, 2.05) is 0 Å². The third-order valence-corrected chi connectivity index (χ3v) is 4.22. The van der Waals surface area contributed by atoms with Crippen LogP contribution in [-0.4, -0.2) is 52.5 Å². The van der Waals surface area contributed by atoms with Crippen molar-refractivity contribution in [3.05, 3.63) is 22.6 Å². The highest BCUT2D eigenvalue weighted by atomic mass is 16.7. The summed E-state index contributed by atoms with van der Waals surface area (Å²) in [7, 11) is 0. The lowest BCUT2D eigenvalue weighted by Crippen LogP contribution is -2.37. The standard InChI is InChI=1S/C14H18N2O6/c17-9-4-5-16-13-12(22-14(16)15-9)11(18)8(21-13)7-20-10-3-1-2-6-19-10/h4-5,8,10-13,18H,1-3,6-7H2/t8-,10?,11-,12+,13-/m1/s1. The molecule has 1 aromatic rings. The molecule has 8 heteroatoms. The van der Waals surface area contributed by atoms with Gasteiger partial charge in [-0.2, -0.15) is 4.98 Å². The fourth-order valence-electron chi connectivity index (χ4n) is 3.05. The highest BCUT2D eigenvalue weighted by molar-refractivity contribution is 5.10. The van der Waals surface area contributed by atoms with Gasteiger partial charge in [0, 0.05) is 18.9 Å². The van der Waals surface area contributed by atoms with Crippen LogP contribution in [-0.2, 0) is 14.2 Å². The van der Waals surface area contributed by atoms with Gasteiger partial charge in [0.15, 0.2) is 18.6 Å². The Hall–Kier alpha value is -1.48. The summed E-state index contributed by atoms with van der Waals surface area (Å²) < 4.78 is 24.1. The normalized spacial score (nSPS) is 36.7. The quantitative estimate of drug-likeness (QED) is 0.827. The number of aliphatic hydroxyl groups excluding tert-OH is 1. The molecule has 0 amide bonds. The highest BCUT2D eigenvalue weighted by Crippen LogP contribution is 2.39. The van der Waals surface area contributed by atoms with Crippen LogP contribution in [0.4, 0.5) is 0 Å². The van der Waals surface area contributed by atoms with Gasteiger partial charge in [-0.1, -0.05) is 0 Å². The van der Waals surface area contributed by atoms with Crippen LogP contribution in [0.1, 0.15) is 25.5 Å². The van der Waals surface area contributed by atoms with Crippen LogP contribution in [0.2, 0.25) is 0 Å². The lowest BCUT2D eigenvalue weighted by molar-refractivity contribution is -0.185. The minimum atomic E-state index is -0.842. The summed E-state index contributed by atoms with van der Waals surface area (Å²) in [5.74, 6) is 0. The van der Waals surface area contributed by atoms with Crippen molar-refractivity contribution in [3.8, 4) is 6.01 Å². The zero-order valence-corrected chi connectivity index (χ0v) is 12.0. The number of ether oxygens (including phenoxy) is 4. The monoisotopic (exact) mass is 310 g/mol. The van der Waals surface area contributed by atoms with Crippen LogP contribution in [0.5, 0.6) is 6.01 Å². The van der Waals surface area contributed by atoms with Crippen LogP contribution < -0.4 is 10.3 Å². The van der Waals surface area contributed by atoms with Crippen molar-refractivity contribution < 1.29 is 24.1 Å². The lowest BCUT2D eigenvalue weighted by Gasteiger charge is -2.25. The van der Waals surface area contributed by atoms with E-state index in [1.54, 1.807) is 10.8 Å².